The van der Waals surface area contributed by atoms with Gasteiger partial charge in [0, 0.05) is 17.1 Å². The zero-order valence-corrected chi connectivity index (χ0v) is 14.4. The molecule has 128 valence electrons. The molecule has 0 unspecified atom stereocenters. The van der Waals surface area contributed by atoms with Crippen LogP contribution in [0.5, 0.6) is 5.75 Å². The van der Waals surface area contributed by atoms with Crippen molar-refractivity contribution in [1.29, 1.82) is 0 Å². The average Bonchev–Trinajstić information content (AvgIpc) is 2.46. The predicted molar refractivity (Wildman–Crippen MR) is 94.3 cm³/mol. The van der Waals surface area contributed by atoms with Gasteiger partial charge < -0.3 is 15.2 Å². The number of carbonyl (C=O) groups is 1. The van der Waals surface area contributed by atoms with Gasteiger partial charge in [-0.2, -0.15) is 0 Å². The van der Waals surface area contributed by atoms with Gasteiger partial charge in [0.25, 0.3) is 0 Å². The SMILES string of the molecule is Cc1ccc(O)c(CNc2cccc(NC(=O)OC(C)(C)C)c2)n1. The van der Waals surface area contributed by atoms with Crippen LogP contribution in [0.2, 0.25) is 0 Å². The van der Waals surface area contributed by atoms with Gasteiger partial charge in [0.1, 0.15) is 17.0 Å². The Morgan fingerprint density at radius 1 is 1.21 bits per heavy atom. The lowest BCUT2D eigenvalue weighted by molar-refractivity contribution is 0.0636. The van der Waals surface area contributed by atoms with E-state index in [1.807, 2.05) is 39.8 Å². The van der Waals surface area contributed by atoms with Crippen molar-refractivity contribution >= 4 is 17.5 Å². The summed E-state index contributed by atoms with van der Waals surface area (Å²) in [4.78, 5) is 16.1. The third kappa shape index (κ3) is 5.46. The minimum absolute atomic E-state index is 0.149. The average molecular weight is 329 g/mol. The number of aromatic nitrogens is 1. The molecule has 6 heteroatoms. The molecule has 1 aromatic carbocycles. The molecule has 3 N–H and O–H groups in total. The van der Waals surface area contributed by atoms with Crippen LogP contribution in [-0.2, 0) is 11.3 Å². The quantitative estimate of drug-likeness (QED) is 0.788. The first-order valence-corrected chi connectivity index (χ1v) is 7.72. The molecule has 6 nitrogen and oxygen atoms in total. The van der Waals surface area contributed by atoms with Crippen LogP contribution in [-0.4, -0.2) is 21.8 Å². The summed E-state index contributed by atoms with van der Waals surface area (Å²) in [6.07, 6.45) is -0.502. The molecule has 0 aliphatic carbocycles. The molecule has 0 spiro atoms. The highest BCUT2D eigenvalue weighted by atomic mass is 16.6. The van der Waals surface area contributed by atoms with Crippen LogP contribution in [0, 0.1) is 6.92 Å². The Bertz CT molecular complexity index is 724. The second-order valence-electron chi connectivity index (χ2n) is 6.48. The van der Waals surface area contributed by atoms with Gasteiger partial charge in [0.2, 0.25) is 0 Å². The van der Waals surface area contributed by atoms with Crippen LogP contribution in [0.1, 0.15) is 32.2 Å². The molecule has 2 rings (SSSR count). The van der Waals surface area contributed by atoms with Gasteiger partial charge in [0.15, 0.2) is 0 Å². The van der Waals surface area contributed by atoms with Crippen LogP contribution < -0.4 is 10.6 Å². The fourth-order valence-corrected chi connectivity index (χ4v) is 2.05. The molecule has 0 radical (unpaired) electrons. The smallest absolute Gasteiger partial charge is 0.412 e. The maximum absolute atomic E-state index is 11.8. The molecule has 2 aromatic rings. The van der Waals surface area contributed by atoms with Crippen LogP contribution in [0.3, 0.4) is 0 Å². The number of nitrogens with one attached hydrogen (secondary N) is 2. The summed E-state index contributed by atoms with van der Waals surface area (Å²) in [5.74, 6) is 0.149. The van der Waals surface area contributed by atoms with E-state index in [9.17, 15) is 9.90 Å². The van der Waals surface area contributed by atoms with Gasteiger partial charge in [-0.15, -0.1) is 0 Å². The van der Waals surface area contributed by atoms with Gasteiger partial charge in [-0.05, 0) is 58.0 Å². The molecule has 1 amide bonds. The van der Waals surface area contributed by atoms with Crippen LogP contribution >= 0.6 is 0 Å². The zero-order chi connectivity index (χ0) is 17.7. The monoisotopic (exact) mass is 329 g/mol. The molecular formula is C18H23N3O3. The van der Waals surface area contributed by atoms with Crippen molar-refractivity contribution < 1.29 is 14.6 Å². The van der Waals surface area contributed by atoms with Crippen LogP contribution in [0.15, 0.2) is 36.4 Å². The lowest BCUT2D eigenvalue weighted by Gasteiger charge is -2.19. The van der Waals surface area contributed by atoms with Gasteiger partial charge in [-0.1, -0.05) is 6.07 Å². The first-order chi connectivity index (χ1) is 11.2. The Morgan fingerprint density at radius 3 is 2.62 bits per heavy atom. The summed E-state index contributed by atoms with van der Waals surface area (Å²) < 4.78 is 5.23. The lowest BCUT2D eigenvalue weighted by Crippen LogP contribution is -2.27. The molecule has 0 aliphatic heterocycles. The predicted octanol–water partition coefficient (Wildman–Crippen LogP) is 4.05. The van der Waals surface area contributed by atoms with Crippen LogP contribution in [0.4, 0.5) is 16.2 Å². The van der Waals surface area contributed by atoms with Crippen molar-refractivity contribution in [2.45, 2.75) is 39.8 Å². The Labute approximate surface area is 141 Å². The van der Waals surface area contributed by atoms with E-state index in [1.165, 1.54) is 0 Å². The lowest BCUT2D eigenvalue weighted by atomic mass is 10.2. The summed E-state index contributed by atoms with van der Waals surface area (Å²) in [6.45, 7) is 7.68. The topological polar surface area (TPSA) is 83.5 Å². The number of rotatable bonds is 4. The number of pyridine rings is 1. The van der Waals surface area contributed by atoms with Gasteiger partial charge >= 0.3 is 6.09 Å². The summed E-state index contributed by atoms with van der Waals surface area (Å²) in [5, 5.41) is 15.7. The summed E-state index contributed by atoms with van der Waals surface area (Å²) >= 11 is 0. The highest BCUT2D eigenvalue weighted by Gasteiger charge is 2.16. The molecule has 0 saturated carbocycles. The molecule has 0 atom stereocenters. The van der Waals surface area contributed by atoms with E-state index < -0.39 is 11.7 Å². The Kier molecular flexibility index (Phi) is 5.28. The molecule has 0 bridgehead atoms. The number of anilines is 2. The molecule has 1 heterocycles. The molecular weight excluding hydrogens is 306 g/mol. The normalized spacial score (nSPS) is 11.0. The fraction of sp³-hybridized carbons (Fsp3) is 0.333. The molecule has 0 fully saturated rings. The van der Waals surface area contributed by atoms with E-state index in [2.05, 4.69) is 15.6 Å². The van der Waals surface area contributed by atoms with E-state index in [-0.39, 0.29) is 5.75 Å². The molecule has 1 aromatic heterocycles. The number of hydrogen-bond donors (Lipinski definition) is 3. The Morgan fingerprint density at radius 2 is 1.92 bits per heavy atom. The van der Waals surface area contributed by atoms with Gasteiger partial charge in [0.05, 0.1) is 6.54 Å². The first-order valence-electron chi connectivity index (χ1n) is 7.72. The molecule has 24 heavy (non-hydrogen) atoms. The van der Waals surface area contributed by atoms with Crippen molar-refractivity contribution in [3.63, 3.8) is 0 Å². The summed E-state index contributed by atoms with van der Waals surface area (Å²) in [5.41, 5.74) is 2.28. The third-order valence-corrected chi connectivity index (χ3v) is 3.06. The van der Waals surface area contributed by atoms with E-state index >= 15 is 0 Å². The van der Waals surface area contributed by atoms with Crippen LogP contribution in [0.25, 0.3) is 0 Å². The third-order valence-electron chi connectivity index (χ3n) is 3.06. The second-order valence-corrected chi connectivity index (χ2v) is 6.48. The summed E-state index contributed by atoms with van der Waals surface area (Å²) in [7, 11) is 0. The minimum atomic E-state index is -0.547. The number of amides is 1. The molecule has 0 aliphatic rings. The number of nitrogens with zero attached hydrogens (tertiary/aromatic N) is 1. The number of hydrogen-bond acceptors (Lipinski definition) is 5. The van der Waals surface area contributed by atoms with Crippen molar-refractivity contribution in [3.8, 4) is 5.75 Å². The largest absolute Gasteiger partial charge is 0.506 e. The Hall–Kier alpha value is -2.76. The minimum Gasteiger partial charge on any atom is -0.506 e. The van der Waals surface area contributed by atoms with E-state index in [0.29, 0.717) is 17.9 Å². The van der Waals surface area contributed by atoms with E-state index in [0.717, 1.165) is 11.4 Å². The second kappa shape index (κ2) is 7.21. The van der Waals surface area contributed by atoms with Crippen molar-refractivity contribution in [2.75, 3.05) is 10.6 Å². The highest BCUT2D eigenvalue weighted by Crippen LogP contribution is 2.20. The fourth-order valence-electron chi connectivity index (χ4n) is 2.05. The summed E-state index contributed by atoms with van der Waals surface area (Å²) in [6, 6.07) is 10.6. The maximum atomic E-state index is 11.8. The van der Waals surface area contributed by atoms with E-state index in [4.69, 9.17) is 4.74 Å². The van der Waals surface area contributed by atoms with Crippen molar-refractivity contribution in [3.05, 3.63) is 47.8 Å². The molecule has 0 saturated heterocycles. The highest BCUT2D eigenvalue weighted by molar-refractivity contribution is 5.85. The number of aromatic hydroxyl groups is 1. The number of carbonyl (C=O) groups excluding carboxylic acids is 1. The standard InChI is InChI=1S/C18H23N3O3/c1-12-8-9-16(22)15(20-12)11-19-13-6-5-7-14(10-13)21-17(23)24-18(2,3)4/h5-10,19,22H,11H2,1-4H3,(H,21,23). The number of ether oxygens (including phenoxy) is 1. The Balaban J connectivity index is 2.00. The van der Waals surface area contributed by atoms with Gasteiger partial charge in [-0.25, -0.2) is 4.79 Å². The van der Waals surface area contributed by atoms with Crippen molar-refractivity contribution in [2.24, 2.45) is 0 Å². The first kappa shape index (κ1) is 17.6. The zero-order valence-electron chi connectivity index (χ0n) is 14.4. The van der Waals surface area contributed by atoms with Crippen molar-refractivity contribution in [1.82, 2.24) is 4.98 Å². The maximum Gasteiger partial charge on any atom is 0.412 e. The number of benzene rings is 1. The van der Waals surface area contributed by atoms with Gasteiger partial charge in [-0.3, -0.25) is 10.3 Å². The number of aryl methyl sites for hydroxylation is 1. The van der Waals surface area contributed by atoms with E-state index in [1.54, 1.807) is 24.3 Å².